The summed E-state index contributed by atoms with van der Waals surface area (Å²) in [5.74, 6) is -2.64. The topological polar surface area (TPSA) is 83.8 Å². The quantitative estimate of drug-likeness (QED) is 0.757. The van der Waals surface area contributed by atoms with Crippen LogP contribution in [0.5, 0.6) is 5.75 Å². The molecule has 0 aliphatic carbocycles. The molecule has 0 bridgehead atoms. The summed E-state index contributed by atoms with van der Waals surface area (Å²) in [5.41, 5.74) is 0.496. The van der Waals surface area contributed by atoms with E-state index in [4.69, 9.17) is 14.9 Å². The Hall–Kier alpha value is -2.30. The van der Waals surface area contributed by atoms with Crippen molar-refractivity contribution in [3.63, 3.8) is 0 Å². The number of rotatable bonds is 5. The van der Waals surface area contributed by atoms with E-state index < -0.39 is 17.9 Å². The Kier molecular flexibility index (Phi) is 4.28. The van der Waals surface area contributed by atoms with Gasteiger partial charge in [0.2, 0.25) is 0 Å². The van der Waals surface area contributed by atoms with Crippen molar-refractivity contribution in [2.24, 2.45) is 0 Å². The fourth-order valence-electron chi connectivity index (χ4n) is 1.33. The van der Waals surface area contributed by atoms with Crippen molar-refractivity contribution in [3.8, 4) is 5.75 Å². The summed E-state index contributed by atoms with van der Waals surface area (Å²) in [7, 11) is 1.51. The highest BCUT2D eigenvalue weighted by atomic mass is 16.5. The zero-order valence-corrected chi connectivity index (χ0v) is 9.16. The number of benzene rings is 1. The van der Waals surface area contributed by atoms with Crippen LogP contribution in [0.25, 0.3) is 0 Å². The number of hydrogen-bond acceptors (Lipinski definition) is 3. The third-order valence-corrected chi connectivity index (χ3v) is 2.17. The fourth-order valence-corrected chi connectivity index (χ4v) is 1.33. The molecule has 0 radical (unpaired) electrons. The van der Waals surface area contributed by atoms with Crippen LogP contribution in [0.2, 0.25) is 0 Å². The zero-order valence-electron chi connectivity index (χ0n) is 9.16. The molecule has 2 N–H and O–H groups in total. The highest BCUT2D eigenvalue weighted by Gasteiger charge is 2.16. The van der Waals surface area contributed by atoms with Gasteiger partial charge < -0.3 is 14.9 Å². The second-order valence-electron chi connectivity index (χ2n) is 3.29. The van der Waals surface area contributed by atoms with E-state index in [-0.39, 0.29) is 0 Å². The van der Waals surface area contributed by atoms with Gasteiger partial charge in [-0.05, 0) is 17.7 Å². The van der Waals surface area contributed by atoms with Gasteiger partial charge in [0.15, 0.2) is 0 Å². The molecule has 0 saturated heterocycles. The molecule has 17 heavy (non-hydrogen) atoms. The van der Waals surface area contributed by atoms with E-state index in [2.05, 4.69) is 0 Å². The first kappa shape index (κ1) is 12.8. The van der Waals surface area contributed by atoms with Crippen LogP contribution in [-0.4, -0.2) is 29.3 Å². The van der Waals surface area contributed by atoms with Crippen LogP contribution >= 0.6 is 0 Å². The number of ether oxygens (including phenoxy) is 1. The lowest BCUT2D eigenvalue weighted by molar-refractivity contribution is -0.137. The lowest BCUT2D eigenvalue weighted by Gasteiger charge is -2.08. The molecule has 0 spiro atoms. The Morgan fingerprint density at radius 3 is 2.24 bits per heavy atom. The van der Waals surface area contributed by atoms with Gasteiger partial charge >= 0.3 is 11.9 Å². The van der Waals surface area contributed by atoms with Gasteiger partial charge in [0.1, 0.15) is 11.7 Å². The van der Waals surface area contributed by atoms with Gasteiger partial charge in [-0.15, -0.1) is 0 Å². The minimum absolute atomic E-state index is 0.496. The molecule has 1 rings (SSSR count). The van der Waals surface area contributed by atoms with Crippen LogP contribution in [0.3, 0.4) is 0 Å². The van der Waals surface area contributed by atoms with Crippen LogP contribution in [-0.2, 0) is 9.59 Å². The monoisotopic (exact) mass is 236 g/mol. The minimum Gasteiger partial charge on any atom is -0.497 e. The number of carboxylic acid groups (broad SMARTS) is 2. The van der Waals surface area contributed by atoms with E-state index >= 15 is 0 Å². The van der Waals surface area contributed by atoms with Gasteiger partial charge in [-0.1, -0.05) is 18.2 Å². The first-order chi connectivity index (χ1) is 8.04. The van der Waals surface area contributed by atoms with E-state index in [1.165, 1.54) is 7.11 Å². The van der Waals surface area contributed by atoms with Crippen LogP contribution in [0.1, 0.15) is 11.5 Å². The Morgan fingerprint density at radius 2 is 1.82 bits per heavy atom. The van der Waals surface area contributed by atoms with Crippen molar-refractivity contribution < 1.29 is 24.5 Å². The molecule has 1 aromatic rings. The third-order valence-electron chi connectivity index (χ3n) is 2.17. The van der Waals surface area contributed by atoms with Gasteiger partial charge in [-0.2, -0.15) is 0 Å². The van der Waals surface area contributed by atoms with Crippen LogP contribution in [0, 0.1) is 0 Å². The normalized spacial score (nSPS) is 12.3. The second-order valence-corrected chi connectivity index (χ2v) is 3.29. The van der Waals surface area contributed by atoms with Crippen molar-refractivity contribution in [1.82, 2.24) is 0 Å². The maximum atomic E-state index is 11.0. The number of hydrogen-bond donors (Lipinski definition) is 2. The Bertz CT molecular complexity index is 433. The fraction of sp³-hybridized carbons (Fsp3) is 0.167. The molecule has 0 fully saturated rings. The molecule has 90 valence electrons. The highest BCUT2D eigenvalue weighted by molar-refractivity contribution is 5.84. The lowest BCUT2D eigenvalue weighted by atomic mass is 9.99. The average molecular weight is 236 g/mol. The molecule has 1 aromatic carbocycles. The van der Waals surface area contributed by atoms with Crippen molar-refractivity contribution in [3.05, 3.63) is 42.0 Å². The molecule has 0 aromatic heterocycles. The molecular formula is C12H12O5. The first-order valence-electron chi connectivity index (χ1n) is 4.82. The molecular weight excluding hydrogens is 224 g/mol. The number of methoxy groups -OCH3 is 1. The van der Waals surface area contributed by atoms with E-state index in [1.54, 1.807) is 24.3 Å². The van der Waals surface area contributed by atoms with Crippen LogP contribution in [0.4, 0.5) is 0 Å². The van der Waals surface area contributed by atoms with E-state index in [9.17, 15) is 9.59 Å². The van der Waals surface area contributed by atoms with Gasteiger partial charge in [0, 0.05) is 6.08 Å². The maximum Gasteiger partial charge on any atom is 0.328 e. The molecule has 0 heterocycles. The molecule has 1 atom stereocenters. The van der Waals surface area contributed by atoms with Crippen molar-refractivity contribution in [2.75, 3.05) is 7.11 Å². The summed E-state index contributed by atoms with van der Waals surface area (Å²) in [6.07, 6.45) is 1.95. The third kappa shape index (κ3) is 3.64. The molecule has 5 heteroatoms. The lowest BCUT2D eigenvalue weighted by Crippen LogP contribution is -2.09. The maximum absolute atomic E-state index is 11.0. The molecule has 5 nitrogen and oxygen atoms in total. The summed E-state index contributed by atoms with van der Waals surface area (Å²) in [6, 6.07) is 6.42. The predicted molar refractivity (Wildman–Crippen MR) is 60.1 cm³/mol. The predicted octanol–water partition coefficient (Wildman–Crippen LogP) is 1.50. The summed E-state index contributed by atoms with van der Waals surface area (Å²) < 4.78 is 4.95. The first-order valence-corrected chi connectivity index (χ1v) is 4.82. The van der Waals surface area contributed by atoms with E-state index in [0.29, 0.717) is 11.3 Å². The molecule has 0 aliphatic heterocycles. The van der Waals surface area contributed by atoms with Gasteiger partial charge in [-0.25, -0.2) is 4.79 Å². The van der Waals surface area contributed by atoms with E-state index in [1.807, 2.05) is 0 Å². The highest BCUT2D eigenvalue weighted by Crippen LogP contribution is 2.20. The van der Waals surface area contributed by atoms with Gasteiger partial charge in [0.05, 0.1) is 7.11 Å². The van der Waals surface area contributed by atoms with Gasteiger partial charge in [-0.3, -0.25) is 4.79 Å². The number of carbonyl (C=O) groups is 2. The molecule has 1 unspecified atom stereocenters. The van der Waals surface area contributed by atoms with Crippen LogP contribution in [0.15, 0.2) is 36.4 Å². The average Bonchev–Trinajstić information content (AvgIpc) is 2.29. The van der Waals surface area contributed by atoms with Crippen LogP contribution < -0.4 is 4.74 Å². The van der Waals surface area contributed by atoms with Gasteiger partial charge in [0.25, 0.3) is 0 Å². The molecule has 0 aliphatic rings. The van der Waals surface area contributed by atoms with Crippen molar-refractivity contribution >= 4 is 11.9 Å². The zero-order chi connectivity index (χ0) is 12.8. The standard InChI is InChI=1S/C12H12O5/c1-17-9-4-2-8(3-5-9)10(12(15)16)6-7-11(13)14/h2-7,10H,1H3,(H,13,14)(H,15,16). The Morgan fingerprint density at radius 1 is 1.24 bits per heavy atom. The van der Waals surface area contributed by atoms with Crippen molar-refractivity contribution in [2.45, 2.75) is 5.92 Å². The summed E-state index contributed by atoms with van der Waals surface area (Å²) >= 11 is 0. The summed E-state index contributed by atoms with van der Waals surface area (Å²) in [5, 5.41) is 17.5. The minimum atomic E-state index is -1.18. The Balaban J connectivity index is 2.97. The van der Waals surface area contributed by atoms with Crippen molar-refractivity contribution in [1.29, 1.82) is 0 Å². The Labute approximate surface area is 98.0 Å². The molecule has 0 saturated carbocycles. The smallest absolute Gasteiger partial charge is 0.328 e. The summed E-state index contributed by atoms with van der Waals surface area (Å²) in [6.45, 7) is 0. The second kappa shape index (κ2) is 5.69. The number of carboxylic acids is 2. The largest absolute Gasteiger partial charge is 0.497 e. The summed E-state index contributed by atoms with van der Waals surface area (Å²) in [4.78, 5) is 21.3. The SMILES string of the molecule is COc1ccc(C(C=CC(=O)O)C(=O)O)cc1. The van der Waals surface area contributed by atoms with E-state index in [0.717, 1.165) is 12.2 Å². The molecule has 0 amide bonds. The number of aliphatic carboxylic acids is 2.